The zero-order chi connectivity index (χ0) is 14.1. The lowest BCUT2D eigenvalue weighted by molar-refractivity contribution is -0.140. The second kappa shape index (κ2) is 5.98. The monoisotopic (exact) mass is 336 g/mol. The van der Waals surface area contributed by atoms with Crippen molar-refractivity contribution in [2.45, 2.75) is 55.7 Å². The standard InChI is InChI=1S/C14H25BrO4/c1-10(2)14-8-12(18-9-17-6-5-16-4)13(3,19-14)7-11(14)15/h10-12H,5-9H2,1-4H3/t11-,12+,13-,14+/m0/s1. The van der Waals surface area contributed by atoms with E-state index in [0.29, 0.717) is 30.8 Å². The topological polar surface area (TPSA) is 36.9 Å². The van der Waals surface area contributed by atoms with Crippen LogP contribution >= 0.6 is 15.9 Å². The lowest BCUT2D eigenvalue weighted by Crippen LogP contribution is -2.45. The molecule has 0 radical (unpaired) electrons. The van der Waals surface area contributed by atoms with E-state index in [-0.39, 0.29) is 17.3 Å². The molecule has 0 aliphatic carbocycles. The smallest absolute Gasteiger partial charge is 0.147 e. The van der Waals surface area contributed by atoms with Crippen LogP contribution in [0, 0.1) is 5.92 Å². The summed E-state index contributed by atoms with van der Waals surface area (Å²) in [6, 6.07) is 0. The molecule has 2 bridgehead atoms. The Kier molecular flexibility index (Phi) is 4.94. The first-order valence-electron chi connectivity index (χ1n) is 6.97. The third-order valence-electron chi connectivity index (χ3n) is 4.49. The minimum atomic E-state index is -0.191. The Bertz CT molecular complexity index is 312. The van der Waals surface area contributed by atoms with Gasteiger partial charge in [0, 0.05) is 18.4 Å². The maximum Gasteiger partial charge on any atom is 0.147 e. The molecule has 2 heterocycles. The lowest BCUT2D eigenvalue weighted by atomic mass is 9.75. The van der Waals surface area contributed by atoms with Gasteiger partial charge in [0.2, 0.25) is 0 Å². The van der Waals surface area contributed by atoms with Gasteiger partial charge in [-0.05, 0) is 19.3 Å². The summed E-state index contributed by atoms with van der Waals surface area (Å²) in [5.41, 5.74) is -0.283. The molecule has 4 nitrogen and oxygen atoms in total. The predicted molar refractivity (Wildman–Crippen MR) is 76.6 cm³/mol. The van der Waals surface area contributed by atoms with Crippen molar-refractivity contribution in [3.8, 4) is 0 Å². The highest BCUT2D eigenvalue weighted by atomic mass is 79.9. The SMILES string of the molecule is COCCOCO[C@@H]1C[C@]2(C(C)C)O[C@@]1(C)C[C@@H]2Br. The predicted octanol–water partition coefficient (Wildman–Crippen LogP) is 2.73. The Hall–Kier alpha value is 0.320. The summed E-state index contributed by atoms with van der Waals surface area (Å²) in [7, 11) is 1.66. The molecule has 0 aromatic heterocycles. The van der Waals surface area contributed by atoms with Gasteiger partial charge in [-0.1, -0.05) is 29.8 Å². The summed E-state index contributed by atoms with van der Waals surface area (Å²) >= 11 is 3.79. The van der Waals surface area contributed by atoms with Crippen molar-refractivity contribution < 1.29 is 18.9 Å². The van der Waals surface area contributed by atoms with Crippen LogP contribution in [0.15, 0.2) is 0 Å². The molecule has 0 N–H and O–H groups in total. The summed E-state index contributed by atoms with van der Waals surface area (Å²) < 4.78 is 22.6. The fraction of sp³-hybridized carbons (Fsp3) is 1.00. The Balaban J connectivity index is 1.88. The summed E-state index contributed by atoms with van der Waals surface area (Å²) in [5.74, 6) is 0.474. The first kappa shape index (κ1) is 15.7. The Morgan fingerprint density at radius 1 is 1.32 bits per heavy atom. The number of alkyl halides is 1. The Morgan fingerprint density at radius 2 is 2.05 bits per heavy atom. The summed E-state index contributed by atoms with van der Waals surface area (Å²) in [5, 5.41) is 0. The number of halogens is 1. The number of rotatable bonds is 7. The molecule has 2 rings (SSSR count). The number of fused-ring (bicyclic) bond motifs is 2. The minimum Gasteiger partial charge on any atom is -0.382 e. The van der Waals surface area contributed by atoms with Crippen molar-refractivity contribution in [3.05, 3.63) is 0 Å². The average molecular weight is 337 g/mol. The largest absolute Gasteiger partial charge is 0.382 e. The van der Waals surface area contributed by atoms with Crippen molar-refractivity contribution in [2.75, 3.05) is 27.1 Å². The Labute approximate surface area is 124 Å². The Morgan fingerprint density at radius 3 is 2.63 bits per heavy atom. The molecule has 2 aliphatic heterocycles. The van der Waals surface area contributed by atoms with Crippen LogP contribution in [0.1, 0.15) is 33.6 Å². The normalized spacial score (nSPS) is 41.4. The fourth-order valence-electron chi connectivity index (χ4n) is 3.22. The van der Waals surface area contributed by atoms with Crippen LogP contribution in [-0.2, 0) is 18.9 Å². The number of hydrogen-bond acceptors (Lipinski definition) is 4. The molecule has 19 heavy (non-hydrogen) atoms. The van der Waals surface area contributed by atoms with E-state index in [2.05, 4.69) is 36.7 Å². The van der Waals surface area contributed by atoms with Gasteiger partial charge >= 0.3 is 0 Å². The maximum atomic E-state index is 6.36. The van der Waals surface area contributed by atoms with Gasteiger partial charge in [0.15, 0.2) is 0 Å². The van der Waals surface area contributed by atoms with Crippen LogP contribution in [0.25, 0.3) is 0 Å². The van der Waals surface area contributed by atoms with E-state index in [1.807, 2.05) is 0 Å². The van der Waals surface area contributed by atoms with Gasteiger partial charge in [-0.25, -0.2) is 0 Å². The van der Waals surface area contributed by atoms with Crippen LogP contribution in [-0.4, -0.2) is 49.2 Å². The van der Waals surface area contributed by atoms with Gasteiger partial charge < -0.3 is 18.9 Å². The summed E-state index contributed by atoms with van der Waals surface area (Å²) in [6.07, 6.45) is 2.05. The fourth-order valence-corrected chi connectivity index (χ4v) is 4.67. The van der Waals surface area contributed by atoms with Crippen molar-refractivity contribution in [1.29, 1.82) is 0 Å². The molecule has 112 valence electrons. The zero-order valence-corrected chi connectivity index (χ0v) is 13.9. The van der Waals surface area contributed by atoms with Gasteiger partial charge in [0.25, 0.3) is 0 Å². The molecule has 0 aromatic rings. The molecule has 0 aromatic carbocycles. The van der Waals surface area contributed by atoms with Gasteiger partial charge in [-0.2, -0.15) is 0 Å². The van der Waals surface area contributed by atoms with Crippen molar-refractivity contribution in [2.24, 2.45) is 5.92 Å². The van der Waals surface area contributed by atoms with Crippen LogP contribution in [0.4, 0.5) is 0 Å². The molecule has 2 fully saturated rings. The van der Waals surface area contributed by atoms with Gasteiger partial charge in [-0.15, -0.1) is 0 Å². The van der Waals surface area contributed by atoms with E-state index in [1.165, 1.54) is 0 Å². The average Bonchev–Trinajstić information content (AvgIpc) is 2.77. The summed E-state index contributed by atoms with van der Waals surface area (Å²) in [4.78, 5) is 0.416. The number of hydrogen-bond donors (Lipinski definition) is 0. The van der Waals surface area contributed by atoms with Crippen LogP contribution in [0.5, 0.6) is 0 Å². The van der Waals surface area contributed by atoms with E-state index in [0.717, 1.165) is 12.8 Å². The third-order valence-corrected chi connectivity index (χ3v) is 5.58. The zero-order valence-electron chi connectivity index (χ0n) is 12.3. The van der Waals surface area contributed by atoms with Gasteiger partial charge in [0.1, 0.15) is 6.79 Å². The van der Waals surface area contributed by atoms with Crippen molar-refractivity contribution >= 4 is 15.9 Å². The first-order valence-corrected chi connectivity index (χ1v) is 7.89. The first-order chi connectivity index (χ1) is 8.94. The van der Waals surface area contributed by atoms with Crippen molar-refractivity contribution in [1.82, 2.24) is 0 Å². The van der Waals surface area contributed by atoms with Crippen LogP contribution in [0.2, 0.25) is 0 Å². The lowest BCUT2D eigenvalue weighted by Gasteiger charge is -2.35. The molecule has 0 spiro atoms. The molecule has 4 atom stereocenters. The molecule has 2 saturated heterocycles. The molecule has 0 saturated carbocycles. The summed E-state index contributed by atoms with van der Waals surface area (Å²) in [6.45, 7) is 8.07. The van der Waals surface area contributed by atoms with E-state index in [9.17, 15) is 0 Å². The highest BCUT2D eigenvalue weighted by molar-refractivity contribution is 9.09. The number of ether oxygens (including phenoxy) is 4. The highest BCUT2D eigenvalue weighted by Crippen LogP contribution is 2.57. The van der Waals surface area contributed by atoms with Gasteiger partial charge in [0.05, 0.1) is 30.5 Å². The van der Waals surface area contributed by atoms with E-state index < -0.39 is 0 Å². The molecular weight excluding hydrogens is 312 g/mol. The molecule has 0 amide bonds. The highest BCUT2D eigenvalue weighted by Gasteiger charge is 2.65. The third kappa shape index (κ3) is 2.86. The van der Waals surface area contributed by atoms with E-state index >= 15 is 0 Å². The van der Waals surface area contributed by atoms with E-state index in [1.54, 1.807) is 7.11 Å². The maximum absolute atomic E-state index is 6.36. The molecular formula is C14H25BrO4. The number of methoxy groups -OCH3 is 1. The quantitative estimate of drug-likeness (QED) is 0.407. The molecule has 5 heteroatoms. The molecule has 0 unspecified atom stereocenters. The van der Waals surface area contributed by atoms with Gasteiger partial charge in [-0.3, -0.25) is 0 Å². The molecule has 2 aliphatic rings. The minimum absolute atomic E-state index is 0.0913. The van der Waals surface area contributed by atoms with Crippen molar-refractivity contribution in [3.63, 3.8) is 0 Å². The second-order valence-electron chi connectivity index (χ2n) is 6.07. The van der Waals surface area contributed by atoms with Crippen LogP contribution in [0.3, 0.4) is 0 Å². The second-order valence-corrected chi connectivity index (χ2v) is 7.18. The van der Waals surface area contributed by atoms with E-state index in [4.69, 9.17) is 18.9 Å². The van der Waals surface area contributed by atoms with Crippen LogP contribution < -0.4 is 0 Å².